The minimum absolute atomic E-state index is 0.00880. The average Bonchev–Trinajstić information content (AvgIpc) is 3.37. The maximum absolute atomic E-state index is 11.7. The molecule has 5 rings (SSSR count). The molecule has 1 saturated heterocycles. The molecule has 1 aromatic heterocycles. The van der Waals surface area contributed by atoms with Gasteiger partial charge in [-0.25, -0.2) is 0 Å². The molecule has 1 unspecified atom stereocenters. The van der Waals surface area contributed by atoms with Crippen LogP contribution in [0.2, 0.25) is 0 Å². The van der Waals surface area contributed by atoms with Gasteiger partial charge < -0.3 is 18.9 Å². The van der Waals surface area contributed by atoms with Crippen LogP contribution in [-0.4, -0.2) is 49.2 Å². The molecular formula is C31H34N2O4. The number of aromatic nitrogens is 1. The molecule has 1 aliphatic heterocycles. The van der Waals surface area contributed by atoms with Crippen molar-refractivity contribution in [2.75, 3.05) is 33.4 Å². The van der Waals surface area contributed by atoms with Crippen molar-refractivity contribution < 1.29 is 18.8 Å². The molecule has 1 atom stereocenters. The number of likely N-dealkylation sites (tertiary alicyclic amines) is 1. The molecule has 6 heteroatoms. The van der Waals surface area contributed by atoms with Gasteiger partial charge in [-0.05, 0) is 81.1 Å². The Bertz CT molecular complexity index is 1330. The van der Waals surface area contributed by atoms with E-state index in [9.17, 15) is 4.79 Å². The summed E-state index contributed by atoms with van der Waals surface area (Å²) in [7, 11) is 1.60. The maximum atomic E-state index is 11.7. The number of hydrogen-bond donors (Lipinski definition) is 0. The zero-order valence-corrected chi connectivity index (χ0v) is 21.6. The van der Waals surface area contributed by atoms with Crippen molar-refractivity contribution in [3.05, 3.63) is 89.6 Å². The lowest BCUT2D eigenvalue weighted by Gasteiger charge is -2.34. The van der Waals surface area contributed by atoms with Crippen LogP contribution in [0.3, 0.4) is 0 Å². The van der Waals surface area contributed by atoms with Crippen LogP contribution in [0.15, 0.2) is 77.3 Å². The van der Waals surface area contributed by atoms with Crippen molar-refractivity contribution in [3.63, 3.8) is 0 Å². The number of nitrogens with zero attached hydrogens (tertiary/aromatic N) is 2. The zero-order chi connectivity index (χ0) is 25.6. The SMILES string of the molecule is COc1cc(C(C)=O)ccc1OCCC(CN1CCC(c2noc3ccccc23)CC1)c1ccccc1. The van der Waals surface area contributed by atoms with E-state index in [2.05, 4.69) is 52.5 Å². The number of ether oxygens (including phenoxy) is 2. The summed E-state index contributed by atoms with van der Waals surface area (Å²) < 4.78 is 17.2. The number of carbonyl (C=O) groups is 1. The van der Waals surface area contributed by atoms with Gasteiger partial charge in [0.15, 0.2) is 22.9 Å². The van der Waals surface area contributed by atoms with Gasteiger partial charge in [0, 0.05) is 23.4 Å². The molecule has 3 aromatic carbocycles. The predicted molar refractivity (Wildman–Crippen MR) is 145 cm³/mol. The molecule has 37 heavy (non-hydrogen) atoms. The van der Waals surface area contributed by atoms with Gasteiger partial charge in [-0.1, -0.05) is 47.6 Å². The molecule has 0 N–H and O–H groups in total. The third-order valence-electron chi connectivity index (χ3n) is 7.42. The highest BCUT2D eigenvalue weighted by atomic mass is 16.5. The predicted octanol–water partition coefficient (Wildman–Crippen LogP) is 6.47. The molecule has 1 aliphatic rings. The Morgan fingerprint density at radius 2 is 1.78 bits per heavy atom. The van der Waals surface area contributed by atoms with Crippen molar-refractivity contribution in [3.8, 4) is 11.5 Å². The fourth-order valence-electron chi connectivity index (χ4n) is 5.31. The third-order valence-corrected chi connectivity index (χ3v) is 7.42. The Morgan fingerprint density at radius 1 is 1.03 bits per heavy atom. The molecule has 0 aliphatic carbocycles. The Hall–Kier alpha value is -3.64. The third kappa shape index (κ3) is 5.86. The smallest absolute Gasteiger partial charge is 0.167 e. The first kappa shape index (κ1) is 25.0. The van der Waals surface area contributed by atoms with Gasteiger partial charge in [-0.3, -0.25) is 4.79 Å². The largest absolute Gasteiger partial charge is 0.493 e. The van der Waals surface area contributed by atoms with E-state index in [1.54, 1.807) is 26.2 Å². The first-order chi connectivity index (χ1) is 18.1. The van der Waals surface area contributed by atoms with E-state index in [1.165, 1.54) is 5.56 Å². The number of carbonyl (C=O) groups excluding carboxylic acids is 1. The molecule has 0 radical (unpaired) electrons. The standard InChI is InChI=1S/C31H34N2O4/c1-22(34)25-12-13-29(30(20-25)35-2)36-19-16-26(23-8-4-3-5-9-23)21-33-17-14-24(15-18-33)31-27-10-6-7-11-28(27)37-32-31/h3-13,20,24,26H,14-19,21H2,1-2H3. The first-order valence-electron chi connectivity index (χ1n) is 13.1. The van der Waals surface area contributed by atoms with Crippen LogP contribution in [0, 0.1) is 0 Å². The second kappa shape index (κ2) is 11.6. The van der Waals surface area contributed by atoms with Crippen molar-refractivity contribution in [2.24, 2.45) is 0 Å². The van der Waals surface area contributed by atoms with Crippen LogP contribution in [0.4, 0.5) is 0 Å². The number of para-hydroxylation sites is 1. The summed E-state index contributed by atoms with van der Waals surface area (Å²) in [4.78, 5) is 14.3. The molecular weight excluding hydrogens is 464 g/mol. The van der Waals surface area contributed by atoms with Gasteiger partial charge in [0.2, 0.25) is 0 Å². The van der Waals surface area contributed by atoms with Crippen molar-refractivity contribution in [1.82, 2.24) is 10.1 Å². The molecule has 4 aromatic rings. The summed E-state index contributed by atoms with van der Waals surface area (Å²) in [6, 6.07) is 24.2. The minimum Gasteiger partial charge on any atom is -0.493 e. The van der Waals surface area contributed by atoms with E-state index < -0.39 is 0 Å². The van der Waals surface area contributed by atoms with Crippen LogP contribution in [0.5, 0.6) is 11.5 Å². The van der Waals surface area contributed by atoms with Gasteiger partial charge in [0.05, 0.1) is 19.4 Å². The molecule has 0 bridgehead atoms. The Morgan fingerprint density at radius 3 is 2.54 bits per heavy atom. The highest BCUT2D eigenvalue weighted by Crippen LogP contribution is 2.34. The highest BCUT2D eigenvalue weighted by molar-refractivity contribution is 5.94. The van der Waals surface area contributed by atoms with E-state index in [-0.39, 0.29) is 5.78 Å². The zero-order valence-electron chi connectivity index (χ0n) is 21.6. The number of rotatable bonds is 10. The summed E-state index contributed by atoms with van der Waals surface area (Å²) in [5.74, 6) is 2.05. The van der Waals surface area contributed by atoms with Crippen LogP contribution >= 0.6 is 0 Å². The first-order valence-corrected chi connectivity index (χ1v) is 13.1. The summed E-state index contributed by atoms with van der Waals surface area (Å²) in [6.45, 7) is 5.18. The normalized spacial score (nSPS) is 15.5. The summed E-state index contributed by atoms with van der Waals surface area (Å²) >= 11 is 0. The van der Waals surface area contributed by atoms with Crippen molar-refractivity contribution >= 4 is 16.8 Å². The summed E-state index contributed by atoms with van der Waals surface area (Å²) in [6.07, 6.45) is 3.04. The fourth-order valence-corrected chi connectivity index (χ4v) is 5.31. The number of fused-ring (bicyclic) bond motifs is 1. The van der Waals surface area contributed by atoms with Crippen molar-refractivity contribution in [2.45, 2.75) is 38.0 Å². The van der Waals surface area contributed by atoms with E-state index in [4.69, 9.17) is 14.0 Å². The van der Waals surface area contributed by atoms with Crippen LogP contribution in [0.25, 0.3) is 11.0 Å². The second-order valence-electron chi connectivity index (χ2n) is 9.81. The molecule has 1 fully saturated rings. The van der Waals surface area contributed by atoms with Crippen LogP contribution in [-0.2, 0) is 0 Å². The monoisotopic (exact) mass is 498 g/mol. The van der Waals surface area contributed by atoms with E-state index >= 15 is 0 Å². The molecule has 2 heterocycles. The molecule has 6 nitrogen and oxygen atoms in total. The van der Waals surface area contributed by atoms with Gasteiger partial charge in [0.25, 0.3) is 0 Å². The van der Waals surface area contributed by atoms with E-state index in [0.717, 1.165) is 55.6 Å². The molecule has 192 valence electrons. The van der Waals surface area contributed by atoms with Crippen LogP contribution in [0.1, 0.15) is 59.6 Å². The fraction of sp³-hybridized carbons (Fsp3) is 0.355. The number of methoxy groups -OCH3 is 1. The molecule has 0 amide bonds. The van der Waals surface area contributed by atoms with Gasteiger partial charge in [0.1, 0.15) is 0 Å². The lowest BCUT2D eigenvalue weighted by atomic mass is 9.90. The van der Waals surface area contributed by atoms with Crippen LogP contribution < -0.4 is 9.47 Å². The van der Waals surface area contributed by atoms with Gasteiger partial charge >= 0.3 is 0 Å². The van der Waals surface area contributed by atoms with Gasteiger partial charge in [-0.2, -0.15) is 0 Å². The average molecular weight is 499 g/mol. The quantitative estimate of drug-likeness (QED) is 0.234. The Kier molecular flexibility index (Phi) is 7.85. The topological polar surface area (TPSA) is 64.8 Å². The molecule has 0 saturated carbocycles. The van der Waals surface area contributed by atoms with Gasteiger partial charge in [-0.15, -0.1) is 0 Å². The minimum atomic E-state index is 0.00880. The summed E-state index contributed by atoms with van der Waals surface area (Å²) in [5, 5.41) is 5.56. The van der Waals surface area contributed by atoms with E-state index in [1.807, 2.05) is 18.2 Å². The number of hydrogen-bond acceptors (Lipinski definition) is 6. The highest BCUT2D eigenvalue weighted by Gasteiger charge is 2.26. The lowest BCUT2D eigenvalue weighted by molar-refractivity contribution is 0.101. The Labute approximate surface area is 218 Å². The Balaban J connectivity index is 1.21. The van der Waals surface area contributed by atoms with E-state index in [0.29, 0.717) is 35.5 Å². The van der Waals surface area contributed by atoms with Crippen molar-refractivity contribution in [1.29, 1.82) is 0 Å². The second-order valence-corrected chi connectivity index (χ2v) is 9.81. The maximum Gasteiger partial charge on any atom is 0.167 e. The number of Topliss-reactive ketones (excluding diaryl/α,β-unsaturated/α-hetero) is 1. The number of benzene rings is 3. The molecule has 0 spiro atoms. The lowest BCUT2D eigenvalue weighted by Crippen LogP contribution is -2.36. The number of ketones is 1. The number of piperidine rings is 1. The summed E-state index contributed by atoms with van der Waals surface area (Å²) in [5.41, 5.74) is 3.92.